The van der Waals surface area contributed by atoms with Gasteiger partial charge in [0, 0.05) is 25.9 Å². The number of benzene rings is 2. The Morgan fingerprint density at radius 2 is 1.79 bits per heavy atom. The van der Waals surface area contributed by atoms with Gasteiger partial charge in [0.2, 0.25) is 0 Å². The quantitative estimate of drug-likeness (QED) is 0.518. The van der Waals surface area contributed by atoms with Crippen LogP contribution in [0, 0.1) is 11.3 Å². The summed E-state index contributed by atoms with van der Waals surface area (Å²) in [6, 6.07) is 20.3. The second-order valence-corrected chi connectivity index (χ2v) is 6.70. The number of hydrogen-bond donors (Lipinski definition) is 0. The lowest BCUT2D eigenvalue weighted by Gasteiger charge is -2.03. The van der Waals surface area contributed by atoms with Crippen LogP contribution in [0.2, 0.25) is 0 Å². The molecule has 0 unspecified atom stereocenters. The molecule has 4 aromatic rings. The predicted octanol–water partition coefficient (Wildman–Crippen LogP) is 3.81. The number of nitriles is 1. The first-order valence-corrected chi connectivity index (χ1v) is 9.70. The van der Waals surface area contributed by atoms with Gasteiger partial charge in [-0.3, -0.25) is 4.98 Å². The van der Waals surface area contributed by atoms with Crippen molar-refractivity contribution < 1.29 is 8.42 Å². The average molecular weight is 403 g/mol. The van der Waals surface area contributed by atoms with Crippen LogP contribution in [0.4, 0.5) is 5.69 Å². The third-order valence-electron chi connectivity index (χ3n) is 4.15. The summed E-state index contributed by atoms with van der Waals surface area (Å²) >= 11 is 0. The lowest BCUT2D eigenvalue weighted by atomic mass is 10.1. The van der Waals surface area contributed by atoms with Gasteiger partial charge >= 0.3 is 10.5 Å². The lowest BCUT2D eigenvalue weighted by molar-refractivity contribution is 0.622. The van der Waals surface area contributed by atoms with Crippen LogP contribution in [0.1, 0.15) is 17.0 Å². The summed E-state index contributed by atoms with van der Waals surface area (Å²) in [7, 11) is -0.565. The molecule has 0 aliphatic rings. The zero-order valence-corrected chi connectivity index (χ0v) is 16.4. The molecule has 8 heteroatoms. The zero-order chi connectivity index (χ0) is 20.6. The third-order valence-corrected chi connectivity index (χ3v) is 4.51. The van der Waals surface area contributed by atoms with E-state index in [1.807, 2.05) is 41.9 Å². The van der Waals surface area contributed by atoms with Crippen molar-refractivity contribution >= 4 is 27.2 Å². The van der Waals surface area contributed by atoms with Crippen molar-refractivity contribution in [3.63, 3.8) is 0 Å². The fourth-order valence-corrected chi connectivity index (χ4v) is 3.02. The van der Waals surface area contributed by atoms with Gasteiger partial charge in [-0.2, -0.15) is 13.7 Å². The van der Waals surface area contributed by atoms with Crippen LogP contribution < -0.4 is 0 Å². The van der Waals surface area contributed by atoms with Gasteiger partial charge in [-0.25, -0.2) is 4.98 Å². The molecule has 0 atom stereocenters. The van der Waals surface area contributed by atoms with Crippen molar-refractivity contribution in [3.05, 3.63) is 90.0 Å². The van der Waals surface area contributed by atoms with Crippen molar-refractivity contribution in [2.75, 3.05) is 0 Å². The molecule has 144 valence electrons. The number of fused-ring (bicyclic) bond motifs is 1. The lowest BCUT2D eigenvalue weighted by Crippen LogP contribution is -1.99. The SMILES string of the molecule is Cn1c(Cc2ccc(C#N)cc2)nc2cc(N=S(=O)=O)ccc21.c1ccncc1. The molecule has 2 heterocycles. The van der Waals surface area contributed by atoms with Crippen LogP contribution in [0.25, 0.3) is 11.0 Å². The van der Waals surface area contributed by atoms with Gasteiger partial charge in [-0.1, -0.05) is 18.2 Å². The maximum atomic E-state index is 10.7. The molecule has 4 rings (SSSR count). The van der Waals surface area contributed by atoms with E-state index < -0.39 is 10.5 Å². The molecule has 0 bridgehead atoms. The van der Waals surface area contributed by atoms with E-state index in [9.17, 15) is 8.42 Å². The Morgan fingerprint density at radius 3 is 2.34 bits per heavy atom. The van der Waals surface area contributed by atoms with Gasteiger partial charge in [0.25, 0.3) is 0 Å². The zero-order valence-electron chi connectivity index (χ0n) is 15.6. The first kappa shape index (κ1) is 19.9. The van der Waals surface area contributed by atoms with Crippen LogP contribution in [0.3, 0.4) is 0 Å². The van der Waals surface area contributed by atoms with E-state index >= 15 is 0 Å². The molecule has 0 N–H and O–H groups in total. The molecule has 0 saturated carbocycles. The van der Waals surface area contributed by atoms with Crippen molar-refractivity contribution in [1.29, 1.82) is 5.26 Å². The number of hydrogen-bond acceptors (Lipinski definition) is 6. The first-order valence-electron chi connectivity index (χ1n) is 8.67. The molecular formula is C21H17N5O2S. The van der Waals surface area contributed by atoms with E-state index in [-0.39, 0.29) is 0 Å². The highest BCUT2D eigenvalue weighted by atomic mass is 32.2. The number of pyridine rings is 1. The molecule has 7 nitrogen and oxygen atoms in total. The van der Waals surface area contributed by atoms with Gasteiger partial charge in [0.15, 0.2) is 0 Å². The van der Waals surface area contributed by atoms with E-state index in [1.165, 1.54) is 0 Å². The molecule has 2 aromatic carbocycles. The molecule has 0 radical (unpaired) electrons. The highest BCUT2D eigenvalue weighted by Gasteiger charge is 2.09. The molecule has 29 heavy (non-hydrogen) atoms. The fraction of sp³-hybridized carbons (Fsp3) is 0.0952. The van der Waals surface area contributed by atoms with Crippen LogP contribution >= 0.6 is 0 Å². The minimum atomic E-state index is -2.48. The molecular weight excluding hydrogens is 386 g/mol. The highest BCUT2D eigenvalue weighted by Crippen LogP contribution is 2.22. The summed E-state index contributed by atoms with van der Waals surface area (Å²) in [6.07, 6.45) is 4.12. The smallest absolute Gasteiger partial charge is 0.316 e. The molecule has 2 aromatic heterocycles. The van der Waals surface area contributed by atoms with Crippen molar-refractivity contribution in [3.8, 4) is 6.07 Å². The maximum Gasteiger partial charge on any atom is 0.316 e. The van der Waals surface area contributed by atoms with Crippen LogP contribution in [-0.4, -0.2) is 23.0 Å². The fourth-order valence-electron chi connectivity index (χ4n) is 2.73. The number of aromatic nitrogens is 3. The maximum absolute atomic E-state index is 10.7. The first-order chi connectivity index (χ1) is 14.1. The Balaban J connectivity index is 0.000000343. The summed E-state index contributed by atoms with van der Waals surface area (Å²) < 4.78 is 26.8. The van der Waals surface area contributed by atoms with Gasteiger partial charge < -0.3 is 4.57 Å². The second-order valence-electron chi connectivity index (χ2n) is 6.08. The molecule has 0 fully saturated rings. The standard InChI is InChI=1S/C16H12N4O2S.C5H5N/c1-20-15-7-6-13(19-23(21)22)9-14(15)18-16(20)8-11-2-4-12(10-17)5-3-11;1-2-4-6-5-3-1/h2-7,9H,8H2,1H3;1-5H. The van der Waals surface area contributed by atoms with E-state index in [4.69, 9.17) is 5.26 Å². The van der Waals surface area contributed by atoms with Gasteiger partial charge in [0.05, 0.1) is 28.4 Å². The number of imidazole rings is 1. The molecule has 0 aliphatic heterocycles. The Morgan fingerprint density at radius 1 is 1.07 bits per heavy atom. The van der Waals surface area contributed by atoms with Crippen LogP contribution in [0.15, 0.2) is 77.4 Å². The van der Waals surface area contributed by atoms with Crippen molar-refractivity contribution in [1.82, 2.24) is 14.5 Å². The highest BCUT2D eigenvalue weighted by molar-refractivity contribution is 7.61. The van der Waals surface area contributed by atoms with Crippen LogP contribution in [0.5, 0.6) is 0 Å². The van der Waals surface area contributed by atoms with Crippen LogP contribution in [-0.2, 0) is 24.0 Å². The van der Waals surface area contributed by atoms with E-state index in [0.29, 0.717) is 23.2 Å². The van der Waals surface area contributed by atoms with E-state index in [0.717, 1.165) is 16.9 Å². The molecule has 0 saturated heterocycles. The second kappa shape index (κ2) is 9.39. The Kier molecular flexibility index (Phi) is 6.45. The number of aryl methyl sites for hydroxylation is 1. The van der Waals surface area contributed by atoms with Crippen molar-refractivity contribution in [2.24, 2.45) is 11.4 Å². The third kappa shape index (κ3) is 5.34. The number of rotatable bonds is 3. The Labute approximate surface area is 169 Å². The molecule has 0 amide bonds. The summed E-state index contributed by atoms with van der Waals surface area (Å²) in [6.45, 7) is 0. The van der Waals surface area contributed by atoms with E-state index in [1.54, 1.807) is 42.7 Å². The summed E-state index contributed by atoms with van der Waals surface area (Å²) in [5.74, 6) is 0.852. The Hall–Kier alpha value is -3.83. The topological polar surface area (TPSA) is 101 Å². The normalized spacial score (nSPS) is 9.93. The summed E-state index contributed by atoms with van der Waals surface area (Å²) in [5, 5.41) is 8.83. The molecule has 0 aliphatic carbocycles. The van der Waals surface area contributed by atoms with Gasteiger partial charge in [0.1, 0.15) is 5.82 Å². The van der Waals surface area contributed by atoms with Crippen molar-refractivity contribution in [2.45, 2.75) is 6.42 Å². The molecule has 0 spiro atoms. The largest absolute Gasteiger partial charge is 0.331 e. The minimum absolute atomic E-state index is 0.355. The van der Waals surface area contributed by atoms with E-state index in [2.05, 4.69) is 20.4 Å². The number of nitrogens with zero attached hydrogens (tertiary/aromatic N) is 5. The minimum Gasteiger partial charge on any atom is -0.331 e. The summed E-state index contributed by atoms with van der Waals surface area (Å²) in [5.41, 5.74) is 3.63. The Bertz CT molecular complexity index is 1250. The van der Waals surface area contributed by atoms with Gasteiger partial charge in [-0.15, -0.1) is 4.36 Å². The van der Waals surface area contributed by atoms with Gasteiger partial charge in [-0.05, 0) is 48.0 Å². The monoisotopic (exact) mass is 403 g/mol. The average Bonchev–Trinajstić information content (AvgIpc) is 3.04. The predicted molar refractivity (Wildman–Crippen MR) is 110 cm³/mol. The summed E-state index contributed by atoms with van der Waals surface area (Å²) in [4.78, 5) is 8.34.